The van der Waals surface area contributed by atoms with E-state index in [1.54, 1.807) is 12.1 Å². The molecule has 20 heavy (non-hydrogen) atoms. The zero-order valence-electron chi connectivity index (χ0n) is 12.2. The summed E-state index contributed by atoms with van der Waals surface area (Å²) in [4.78, 5) is 13.8. The van der Waals surface area contributed by atoms with Crippen LogP contribution in [0.1, 0.15) is 38.7 Å². The maximum Gasteiger partial charge on any atom is 0.223 e. The van der Waals surface area contributed by atoms with Crippen molar-refractivity contribution in [3.63, 3.8) is 0 Å². The highest BCUT2D eigenvalue weighted by atomic mass is 19.1. The van der Waals surface area contributed by atoms with Gasteiger partial charge in [-0.05, 0) is 50.9 Å². The lowest BCUT2D eigenvalue weighted by Gasteiger charge is -2.28. The molecule has 1 amide bonds. The summed E-state index contributed by atoms with van der Waals surface area (Å²) in [6, 6.07) is 7.26. The SMILES string of the molecule is CC(C)N1C(=O)CC[C@H]1CCNCc1cccc(F)c1. The van der Waals surface area contributed by atoms with Crippen LogP contribution in [0.15, 0.2) is 24.3 Å². The number of rotatable bonds is 6. The van der Waals surface area contributed by atoms with E-state index in [4.69, 9.17) is 0 Å². The maximum absolute atomic E-state index is 13.0. The lowest BCUT2D eigenvalue weighted by molar-refractivity contribution is -0.130. The van der Waals surface area contributed by atoms with Crippen molar-refractivity contribution in [1.29, 1.82) is 0 Å². The monoisotopic (exact) mass is 278 g/mol. The molecule has 1 aliphatic heterocycles. The standard InChI is InChI=1S/C16H23FN2O/c1-12(2)19-15(6-7-16(19)20)8-9-18-11-13-4-3-5-14(17)10-13/h3-5,10,12,15,18H,6-9,11H2,1-2H3/t15-/m0/s1. The molecule has 0 bridgehead atoms. The Kier molecular flexibility index (Phi) is 5.12. The Morgan fingerprint density at radius 3 is 2.95 bits per heavy atom. The van der Waals surface area contributed by atoms with Crippen LogP contribution in [0.4, 0.5) is 4.39 Å². The highest BCUT2D eigenvalue weighted by molar-refractivity contribution is 5.79. The van der Waals surface area contributed by atoms with Crippen molar-refractivity contribution in [2.75, 3.05) is 6.54 Å². The zero-order chi connectivity index (χ0) is 14.5. The van der Waals surface area contributed by atoms with Gasteiger partial charge >= 0.3 is 0 Å². The van der Waals surface area contributed by atoms with Crippen molar-refractivity contribution in [3.8, 4) is 0 Å². The van der Waals surface area contributed by atoms with Gasteiger partial charge in [-0.3, -0.25) is 4.79 Å². The van der Waals surface area contributed by atoms with Crippen LogP contribution in [0.2, 0.25) is 0 Å². The molecule has 1 aromatic rings. The Hall–Kier alpha value is -1.42. The number of halogens is 1. The molecule has 1 atom stereocenters. The fourth-order valence-electron chi connectivity index (χ4n) is 2.90. The molecule has 0 spiro atoms. The summed E-state index contributed by atoms with van der Waals surface area (Å²) in [6.07, 6.45) is 2.59. The summed E-state index contributed by atoms with van der Waals surface area (Å²) >= 11 is 0. The van der Waals surface area contributed by atoms with Gasteiger partial charge in [0.2, 0.25) is 5.91 Å². The minimum absolute atomic E-state index is 0.198. The first-order valence-electron chi connectivity index (χ1n) is 7.34. The molecule has 3 nitrogen and oxygen atoms in total. The van der Waals surface area contributed by atoms with Crippen LogP contribution in [0.5, 0.6) is 0 Å². The quantitative estimate of drug-likeness (QED) is 0.811. The number of hydrogen-bond donors (Lipinski definition) is 1. The lowest BCUT2D eigenvalue weighted by atomic mass is 10.1. The molecule has 0 aliphatic carbocycles. The fraction of sp³-hybridized carbons (Fsp3) is 0.562. The third-order valence-corrected chi connectivity index (χ3v) is 3.80. The predicted molar refractivity (Wildman–Crippen MR) is 77.7 cm³/mol. The summed E-state index contributed by atoms with van der Waals surface area (Å²) < 4.78 is 13.0. The van der Waals surface area contributed by atoms with Gasteiger partial charge < -0.3 is 10.2 Å². The van der Waals surface area contributed by atoms with Crippen LogP contribution in [0.3, 0.4) is 0 Å². The van der Waals surface area contributed by atoms with Gasteiger partial charge in [-0.15, -0.1) is 0 Å². The Balaban J connectivity index is 1.74. The predicted octanol–water partition coefficient (Wildman–Crippen LogP) is 2.70. The van der Waals surface area contributed by atoms with E-state index in [0.717, 1.165) is 24.9 Å². The fourth-order valence-corrected chi connectivity index (χ4v) is 2.90. The van der Waals surface area contributed by atoms with Gasteiger partial charge in [-0.2, -0.15) is 0 Å². The molecule has 1 aromatic carbocycles. The molecule has 110 valence electrons. The summed E-state index contributed by atoms with van der Waals surface area (Å²) in [6.45, 7) is 5.64. The van der Waals surface area contributed by atoms with Gasteiger partial charge in [0.05, 0.1) is 0 Å². The summed E-state index contributed by atoms with van der Waals surface area (Å²) in [7, 11) is 0. The van der Waals surface area contributed by atoms with E-state index >= 15 is 0 Å². The van der Waals surface area contributed by atoms with Gasteiger partial charge in [-0.25, -0.2) is 4.39 Å². The number of nitrogens with zero attached hydrogens (tertiary/aromatic N) is 1. The van der Waals surface area contributed by atoms with Crippen molar-refractivity contribution in [1.82, 2.24) is 10.2 Å². The molecule has 0 aromatic heterocycles. The van der Waals surface area contributed by atoms with E-state index < -0.39 is 0 Å². The summed E-state index contributed by atoms with van der Waals surface area (Å²) in [5.41, 5.74) is 0.952. The van der Waals surface area contributed by atoms with Crippen molar-refractivity contribution in [3.05, 3.63) is 35.6 Å². The van der Waals surface area contributed by atoms with E-state index in [-0.39, 0.29) is 17.8 Å². The molecule has 0 radical (unpaired) electrons. The molecule has 0 unspecified atom stereocenters. The molecule has 4 heteroatoms. The third-order valence-electron chi connectivity index (χ3n) is 3.80. The lowest BCUT2D eigenvalue weighted by Crippen LogP contribution is -2.40. The molecule has 0 saturated carbocycles. The van der Waals surface area contributed by atoms with Crippen LogP contribution in [0, 0.1) is 5.82 Å². The van der Waals surface area contributed by atoms with Crippen LogP contribution in [0.25, 0.3) is 0 Å². The smallest absolute Gasteiger partial charge is 0.223 e. The average molecular weight is 278 g/mol. The second-order valence-electron chi connectivity index (χ2n) is 5.68. The highest BCUT2D eigenvalue weighted by Crippen LogP contribution is 2.23. The molecule has 1 heterocycles. The third kappa shape index (κ3) is 3.79. The Labute approximate surface area is 120 Å². The normalized spacial score (nSPS) is 19.1. The number of nitrogens with one attached hydrogen (secondary N) is 1. The van der Waals surface area contributed by atoms with Crippen molar-refractivity contribution in [2.24, 2.45) is 0 Å². The zero-order valence-corrected chi connectivity index (χ0v) is 12.2. The van der Waals surface area contributed by atoms with Crippen LogP contribution in [-0.2, 0) is 11.3 Å². The van der Waals surface area contributed by atoms with E-state index in [1.165, 1.54) is 6.07 Å². The molecule has 1 saturated heterocycles. The van der Waals surface area contributed by atoms with E-state index in [9.17, 15) is 9.18 Å². The Morgan fingerprint density at radius 2 is 2.25 bits per heavy atom. The number of hydrogen-bond acceptors (Lipinski definition) is 2. The number of amides is 1. The molecule has 2 rings (SSSR count). The summed E-state index contributed by atoms with van der Waals surface area (Å²) in [5, 5.41) is 3.33. The second-order valence-corrected chi connectivity index (χ2v) is 5.68. The minimum Gasteiger partial charge on any atom is -0.337 e. The molecule has 1 fully saturated rings. The van der Waals surface area contributed by atoms with Gasteiger partial charge in [0, 0.05) is 25.0 Å². The van der Waals surface area contributed by atoms with E-state index in [1.807, 2.05) is 11.0 Å². The number of carbonyl (C=O) groups is 1. The Morgan fingerprint density at radius 1 is 1.45 bits per heavy atom. The number of carbonyl (C=O) groups excluding carboxylic acids is 1. The van der Waals surface area contributed by atoms with Gasteiger partial charge in [0.25, 0.3) is 0 Å². The second kappa shape index (κ2) is 6.84. The first-order chi connectivity index (χ1) is 9.58. The van der Waals surface area contributed by atoms with Gasteiger partial charge in [0.1, 0.15) is 5.82 Å². The first kappa shape index (κ1) is 15.0. The van der Waals surface area contributed by atoms with Crippen LogP contribution in [-0.4, -0.2) is 29.4 Å². The maximum atomic E-state index is 13.0. The first-order valence-corrected chi connectivity index (χ1v) is 7.34. The van der Waals surface area contributed by atoms with Gasteiger partial charge in [-0.1, -0.05) is 12.1 Å². The average Bonchev–Trinajstić information content (AvgIpc) is 2.76. The number of benzene rings is 1. The van der Waals surface area contributed by atoms with Crippen LogP contribution >= 0.6 is 0 Å². The number of likely N-dealkylation sites (tertiary alicyclic amines) is 1. The summed E-state index contributed by atoms with van der Waals surface area (Å²) in [5.74, 6) is 0.0757. The molecule has 1 aliphatic rings. The van der Waals surface area contributed by atoms with Crippen LogP contribution < -0.4 is 5.32 Å². The Bertz CT molecular complexity index is 462. The highest BCUT2D eigenvalue weighted by Gasteiger charge is 2.31. The molecular formula is C16H23FN2O. The molecule has 1 N–H and O–H groups in total. The molecular weight excluding hydrogens is 255 g/mol. The van der Waals surface area contributed by atoms with Crippen molar-refractivity contribution >= 4 is 5.91 Å². The minimum atomic E-state index is -0.198. The van der Waals surface area contributed by atoms with E-state index in [2.05, 4.69) is 19.2 Å². The van der Waals surface area contributed by atoms with Crippen molar-refractivity contribution in [2.45, 2.75) is 51.7 Å². The largest absolute Gasteiger partial charge is 0.337 e. The van der Waals surface area contributed by atoms with Crippen molar-refractivity contribution < 1.29 is 9.18 Å². The topological polar surface area (TPSA) is 32.3 Å². The van der Waals surface area contributed by atoms with Gasteiger partial charge in [0.15, 0.2) is 0 Å². The van der Waals surface area contributed by atoms with E-state index in [0.29, 0.717) is 19.0 Å².